The quantitative estimate of drug-likeness (QED) is 0.583. The van der Waals surface area contributed by atoms with E-state index < -0.39 is 17.5 Å². The number of benzene rings is 2. The SMILES string of the molecule is Cc1ccc(C=O)cc1-c1cc(F)c(F)cc1F. The number of rotatable bonds is 2. The molecule has 18 heavy (non-hydrogen) atoms. The summed E-state index contributed by atoms with van der Waals surface area (Å²) in [6.07, 6.45) is 0.612. The third-order valence-corrected chi connectivity index (χ3v) is 2.70. The van der Waals surface area contributed by atoms with Crippen LogP contribution in [0.2, 0.25) is 0 Å². The van der Waals surface area contributed by atoms with Crippen molar-refractivity contribution in [3.8, 4) is 11.1 Å². The Labute approximate surface area is 102 Å². The van der Waals surface area contributed by atoms with Crippen molar-refractivity contribution in [1.82, 2.24) is 0 Å². The van der Waals surface area contributed by atoms with Gasteiger partial charge in [0.1, 0.15) is 12.1 Å². The molecule has 0 bridgehead atoms. The van der Waals surface area contributed by atoms with Crippen molar-refractivity contribution in [1.29, 1.82) is 0 Å². The van der Waals surface area contributed by atoms with Gasteiger partial charge in [0.2, 0.25) is 0 Å². The summed E-state index contributed by atoms with van der Waals surface area (Å²) in [6, 6.07) is 5.93. The van der Waals surface area contributed by atoms with Crippen LogP contribution >= 0.6 is 0 Å². The fourth-order valence-corrected chi connectivity index (χ4v) is 1.73. The molecule has 0 saturated carbocycles. The van der Waals surface area contributed by atoms with Crippen LogP contribution < -0.4 is 0 Å². The highest BCUT2D eigenvalue weighted by molar-refractivity contribution is 5.80. The zero-order chi connectivity index (χ0) is 13.3. The average molecular weight is 250 g/mol. The van der Waals surface area contributed by atoms with Crippen LogP contribution in [-0.2, 0) is 0 Å². The Morgan fingerprint density at radius 2 is 1.56 bits per heavy atom. The maximum absolute atomic E-state index is 13.6. The van der Waals surface area contributed by atoms with Crippen molar-refractivity contribution in [2.75, 3.05) is 0 Å². The Hall–Kier alpha value is -2.10. The number of hydrogen-bond donors (Lipinski definition) is 0. The Balaban J connectivity index is 2.68. The lowest BCUT2D eigenvalue weighted by atomic mass is 9.98. The minimum Gasteiger partial charge on any atom is -0.298 e. The van der Waals surface area contributed by atoms with E-state index in [0.29, 0.717) is 29.0 Å². The minimum atomic E-state index is -1.24. The average Bonchev–Trinajstić information content (AvgIpc) is 2.35. The number of carbonyl (C=O) groups is 1. The topological polar surface area (TPSA) is 17.1 Å². The summed E-state index contributed by atoms with van der Waals surface area (Å²) in [5.41, 5.74) is 1.33. The molecule has 0 fully saturated rings. The Morgan fingerprint density at radius 1 is 0.889 bits per heavy atom. The third kappa shape index (κ3) is 2.14. The van der Waals surface area contributed by atoms with E-state index in [-0.39, 0.29) is 5.56 Å². The van der Waals surface area contributed by atoms with Crippen LogP contribution in [0.5, 0.6) is 0 Å². The van der Waals surface area contributed by atoms with E-state index in [1.54, 1.807) is 19.1 Å². The predicted molar refractivity (Wildman–Crippen MR) is 61.9 cm³/mol. The molecule has 0 atom stereocenters. The van der Waals surface area contributed by atoms with Crippen LogP contribution in [0.25, 0.3) is 11.1 Å². The maximum Gasteiger partial charge on any atom is 0.161 e. The molecular formula is C14H9F3O. The highest BCUT2D eigenvalue weighted by Gasteiger charge is 2.13. The van der Waals surface area contributed by atoms with Gasteiger partial charge in [-0.25, -0.2) is 13.2 Å². The smallest absolute Gasteiger partial charge is 0.161 e. The maximum atomic E-state index is 13.6. The molecule has 0 spiro atoms. The monoisotopic (exact) mass is 250 g/mol. The van der Waals surface area contributed by atoms with E-state index in [4.69, 9.17) is 0 Å². The van der Waals surface area contributed by atoms with Crippen molar-refractivity contribution in [2.24, 2.45) is 0 Å². The predicted octanol–water partition coefficient (Wildman–Crippen LogP) is 3.89. The van der Waals surface area contributed by atoms with Gasteiger partial charge in [0, 0.05) is 17.2 Å². The van der Waals surface area contributed by atoms with Gasteiger partial charge in [0.05, 0.1) is 0 Å². The van der Waals surface area contributed by atoms with Crippen LogP contribution in [0.3, 0.4) is 0 Å². The van der Waals surface area contributed by atoms with Gasteiger partial charge in [-0.2, -0.15) is 0 Å². The first-order chi connectivity index (χ1) is 8.52. The second kappa shape index (κ2) is 4.64. The zero-order valence-electron chi connectivity index (χ0n) is 9.51. The van der Waals surface area contributed by atoms with Crippen molar-refractivity contribution < 1.29 is 18.0 Å². The fraction of sp³-hybridized carbons (Fsp3) is 0.0714. The first-order valence-electron chi connectivity index (χ1n) is 5.23. The van der Waals surface area contributed by atoms with Crippen molar-refractivity contribution in [2.45, 2.75) is 6.92 Å². The number of carbonyl (C=O) groups excluding carboxylic acids is 1. The molecule has 2 aromatic rings. The molecule has 0 aliphatic carbocycles. The molecule has 2 rings (SSSR count). The largest absolute Gasteiger partial charge is 0.298 e. The van der Waals surface area contributed by atoms with E-state index in [1.165, 1.54) is 6.07 Å². The molecule has 0 N–H and O–H groups in total. The van der Waals surface area contributed by atoms with Crippen molar-refractivity contribution >= 4 is 6.29 Å². The number of halogens is 3. The van der Waals surface area contributed by atoms with Gasteiger partial charge in [-0.15, -0.1) is 0 Å². The molecule has 0 amide bonds. The third-order valence-electron chi connectivity index (χ3n) is 2.70. The number of aldehydes is 1. The molecule has 0 saturated heterocycles. The first-order valence-corrected chi connectivity index (χ1v) is 5.23. The lowest BCUT2D eigenvalue weighted by molar-refractivity contribution is 0.112. The highest BCUT2D eigenvalue weighted by Crippen LogP contribution is 2.28. The van der Waals surface area contributed by atoms with E-state index in [9.17, 15) is 18.0 Å². The number of aryl methyl sites for hydroxylation is 1. The second-order valence-corrected chi connectivity index (χ2v) is 3.94. The van der Waals surface area contributed by atoms with Crippen LogP contribution in [0.1, 0.15) is 15.9 Å². The summed E-state index contributed by atoms with van der Waals surface area (Å²) in [7, 11) is 0. The van der Waals surface area contributed by atoms with Crippen molar-refractivity contribution in [3.63, 3.8) is 0 Å². The Bertz CT molecular complexity index is 621. The minimum absolute atomic E-state index is 0.0601. The number of hydrogen-bond acceptors (Lipinski definition) is 1. The first kappa shape index (κ1) is 12.4. The van der Waals surface area contributed by atoms with E-state index >= 15 is 0 Å². The van der Waals surface area contributed by atoms with Gasteiger partial charge in [0.15, 0.2) is 11.6 Å². The summed E-state index contributed by atoms with van der Waals surface area (Å²) < 4.78 is 39.6. The Morgan fingerprint density at radius 3 is 2.22 bits per heavy atom. The molecule has 0 unspecified atom stereocenters. The molecule has 2 aromatic carbocycles. The zero-order valence-corrected chi connectivity index (χ0v) is 9.51. The lowest BCUT2D eigenvalue weighted by Crippen LogP contribution is -1.94. The van der Waals surface area contributed by atoms with Gasteiger partial charge >= 0.3 is 0 Å². The van der Waals surface area contributed by atoms with Crippen LogP contribution in [0, 0.1) is 24.4 Å². The van der Waals surface area contributed by atoms with Crippen molar-refractivity contribution in [3.05, 3.63) is 58.9 Å². The molecule has 0 aliphatic heterocycles. The normalized spacial score (nSPS) is 10.4. The molecule has 0 aliphatic rings. The molecule has 0 heterocycles. The summed E-state index contributed by atoms with van der Waals surface area (Å²) >= 11 is 0. The van der Waals surface area contributed by atoms with Crippen LogP contribution in [-0.4, -0.2) is 6.29 Å². The molecular weight excluding hydrogens is 241 g/mol. The Kier molecular flexibility index (Phi) is 3.19. The molecule has 0 aromatic heterocycles. The summed E-state index contributed by atoms with van der Waals surface area (Å²) in [4.78, 5) is 10.7. The van der Waals surface area contributed by atoms with E-state index in [0.717, 1.165) is 6.07 Å². The van der Waals surface area contributed by atoms with Crippen LogP contribution in [0.15, 0.2) is 30.3 Å². The highest BCUT2D eigenvalue weighted by atomic mass is 19.2. The summed E-state index contributed by atoms with van der Waals surface area (Å²) in [6.45, 7) is 1.70. The van der Waals surface area contributed by atoms with Gasteiger partial charge in [-0.1, -0.05) is 12.1 Å². The molecule has 0 radical (unpaired) electrons. The van der Waals surface area contributed by atoms with Gasteiger partial charge < -0.3 is 0 Å². The molecule has 4 heteroatoms. The summed E-state index contributed by atoms with van der Waals surface area (Å²) in [5, 5.41) is 0. The van der Waals surface area contributed by atoms with Gasteiger partial charge in [-0.3, -0.25) is 4.79 Å². The standard InChI is InChI=1S/C14H9F3O/c1-8-2-3-9(7-18)4-10(8)11-5-13(16)14(17)6-12(11)15/h2-7H,1H3. The molecule has 1 nitrogen and oxygen atoms in total. The summed E-state index contributed by atoms with van der Waals surface area (Å²) in [5.74, 6) is -3.22. The van der Waals surface area contributed by atoms with Gasteiger partial charge in [0.25, 0.3) is 0 Å². The second-order valence-electron chi connectivity index (χ2n) is 3.94. The van der Waals surface area contributed by atoms with Crippen LogP contribution in [0.4, 0.5) is 13.2 Å². The van der Waals surface area contributed by atoms with Gasteiger partial charge in [-0.05, 0) is 30.2 Å². The molecule has 92 valence electrons. The van der Waals surface area contributed by atoms with E-state index in [1.807, 2.05) is 0 Å². The fourth-order valence-electron chi connectivity index (χ4n) is 1.73. The lowest BCUT2D eigenvalue weighted by Gasteiger charge is -2.08. The van der Waals surface area contributed by atoms with E-state index in [2.05, 4.69) is 0 Å².